The molecule has 2 amide bonds. The first kappa shape index (κ1) is 19.0. The topological polar surface area (TPSA) is 58.6 Å². The van der Waals surface area contributed by atoms with Crippen molar-refractivity contribution >= 4 is 17.5 Å². The molecular weight excluding hydrogens is 340 g/mol. The molecule has 1 heterocycles. The summed E-state index contributed by atoms with van der Waals surface area (Å²) in [5.41, 5.74) is 2.68. The molecule has 0 aromatic heterocycles. The first-order valence-corrected chi connectivity index (χ1v) is 9.44. The Morgan fingerprint density at radius 2 is 1.74 bits per heavy atom. The van der Waals surface area contributed by atoms with E-state index in [1.807, 2.05) is 29.2 Å². The first-order valence-electron chi connectivity index (χ1n) is 9.44. The fraction of sp³-hybridized carbons (Fsp3) is 0.364. The average molecular weight is 366 g/mol. The van der Waals surface area contributed by atoms with E-state index in [0.717, 1.165) is 23.4 Å². The Bertz CT molecular complexity index is 793. The maximum atomic E-state index is 12.6. The molecule has 0 aliphatic carbocycles. The lowest BCUT2D eigenvalue weighted by atomic mass is 9.95. The van der Waals surface area contributed by atoms with Gasteiger partial charge in [0.05, 0.1) is 7.11 Å². The first-order chi connectivity index (χ1) is 13.1. The molecule has 0 atom stereocenters. The number of para-hydroxylation sites is 1. The molecule has 2 aromatic carbocycles. The molecule has 1 N–H and O–H groups in total. The number of amides is 2. The zero-order valence-electron chi connectivity index (χ0n) is 15.9. The third kappa shape index (κ3) is 4.48. The van der Waals surface area contributed by atoms with Crippen molar-refractivity contribution in [2.24, 2.45) is 5.92 Å². The van der Waals surface area contributed by atoms with Crippen LogP contribution in [0.3, 0.4) is 0 Å². The van der Waals surface area contributed by atoms with E-state index in [1.54, 1.807) is 31.4 Å². The summed E-state index contributed by atoms with van der Waals surface area (Å²) in [6.45, 7) is 3.27. The highest BCUT2D eigenvalue weighted by molar-refractivity contribution is 5.95. The molecule has 5 nitrogen and oxygen atoms in total. The molecule has 2 aromatic rings. The number of methoxy groups -OCH3 is 1. The van der Waals surface area contributed by atoms with Gasteiger partial charge in [0.2, 0.25) is 5.91 Å². The van der Waals surface area contributed by atoms with Crippen molar-refractivity contribution in [2.45, 2.75) is 26.2 Å². The minimum atomic E-state index is -0.0603. The Hall–Kier alpha value is -2.82. The second-order valence-electron chi connectivity index (χ2n) is 6.79. The van der Waals surface area contributed by atoms with E-state index in [4.69, 9.17) is 4.74 Å². The number of ether oxygens (including phenoxy) is 1. The number of carbonyl (C=O) groups is 2. The number of nitrogens with one attached hydrogen (secondary N) is 1. The molecular formula is C22H26N2O3. The van der Waals surface area contributed by atoms with Crippen molar-refractivity contribution in [2.75, 3.05) is 25.5 Å². The highest BCUT2D eigenvalue weighted by Gasteiger charge is 2.28. The van der Waals surface area contributed by atoms with Crippen molar-refractivity contribution in [1.29, 1.82) is 0 Å². The highest BCUT2D eigenvalue weighted by Crippen LogP contribution is 2.23. The molecule has 1 saturated heterocycles. The van der Waals surface area contributed by atoms with Crippen LogP contribution in [-0.4, -0.2) is 36.9 Å². The van der Waals surface area contributed by atoms with Gasteiger partial charge in [-0.25, -0.2) is 0 Å². The van der Waals surface area contributed by atoms with Crippen LogP contribution in [0.4, 0.5) is 5.69 Å². The van der Waals surface area contributed by atoms with Crippen LogP contribution >= 0.6 is 0 Å². The number of hydrogen-bond donors (Lipinski definition) is 1. The summed E-state index contributed by atoms with van der Waals surface area (Å²) in [4.78, 5) is 27.1. The third-order valence-electron chi connectivity index (χ3n) is 5.15. The van der Waals surface area contributed by atoms with Crippen molar-refractivity contribution < 1.29 is 14.3 Å². The molecule has 3 rings (SSSR count). The van der Waals surface area contributed by atoms with Crippen molar-refractivity contribution in [3.05, 3.63) is 59.7 Å². The number of rotatable bonds is 5. The van der Waals surface area contributed by atoms with Crippen LogP contribution in [-0.2, 0) is 11.2 Å². The number of likely N-dealkylation sites (tertiary alicyclic amines) is 1. The van der Waals surface area contributed by atoms with Gasteiger partial charge < -0.3 is 15.0 Å². The molecule has 0 bridgehead atoms. The van der Waals surface area contributed by atoms with Gasteiger partial charge in [-0.15, -0.1) is 0 Å². The Morgan fingerprint density at radius 3 is 2.37 bits per heavy atom. The van der Waals surface area contributed by atoms with Gasteiger partial charge in [0.1, 0.15) is 5.75 Å². The van der Waals surface area contributed by atoms with Gasteiger partial charge >= 0.3 is 0 Å². The Morgan fingerprint density at radius 1 is 1.07 bits per heavy atom. The van der Waals surface area contributed by atoms with Gasteiger partial charge in [0.15, 0.2) is 0 Å². The largest absolute Gasteiger partial charge is 0.497 e. The van der Waals surface area contributed by atoms with E-state index in [0.29, 0.717) is 31.5 Å². The van der Waals surface area contributed by atoms with Crippen LogP contribution < -0.4 is 10.1 Å². The maximum absolute atomic E-state index is 12.6. The monoisotopic (exact) mass is 366 g/mol. The maximum Gasteiger partial charge on any atom is 0.253 e. The molecule has 1 aliphatic heterocycles. The molecule has 1 fully saturated rings. The molecule has 0 radical (unpaired) electrons. The van der Waals surface area contributed by atoms with Gasteiger partial charge in [0.25, 0.3) is 5.91 Å². The van der Waals surface area contributed by atoms with E-state index in [9.17, 15) is 9.59 Å². The van der Waals surface area contributed by atoms with Gasteiger partial charge in [-0.3, -0.25) is 9.59 Å². The SMILES string of the molecule is CCc1ccccc1NC(=O)C1CCN(C(=O)c2ccc(OC)cc2)CC1. The summed E-state index contributed by atoms with van der Waals surface area (Å²) in [7, 11) is 1.60. The minimum absolute atomic E-state index is 0.00726. The smallest absolute Gasteiger partial charge is 0.253 e. The molecule has 0 unspecified atom stereocenters. The molecule has 27 heavy (non-hydrogen) atoms. The molecule has 0 saturated carbocycles. The number of hydrogen-bond acceptors (Lipinski definition) is 3. The van der Waals surface area contributed by atoms with Gasteiger partial charge in [-0.1, -0.05) is 25.1 Å². The highest BCUT2D eigenvalue weighted by atomic mass is 16.5. The third-order valence-corrected chi connectivity index (χ3v) is 5.15. The number of benzene rings is 2. The lowest BCUT2D eigenvalue weighted by Gasteiger charge is -2.31. The van der Waals surface area contributed by atoms with Crippen LogP contribution in [0.5, 0.6) is 5.75 Å². The summed E-state index contributed by atoms with van der Waals surface area (Å²) in [6.07, 6.45) is 2.25. The van der Waals surface area contributed by atoms with E-state index < -0.39 is 0 Å². The van der Waals surface area contributed by atoms with Crippen LogP contribution in [0, 0.1) is 5.92 Å². The predicted octanol–water partition coefficient (Wildman–Crippen LogP) is 3.75. The summed E-state index contributed by atoms with van der Waals surface area (Å²) < 4.78 is 5.13. The Kier molecular flexibility index (Phi) is 6.12. The van der Waals surface area contributed by atoms with Crippen LogP contribution in [0.25, 0.3) is 0 Å². The zero-order chi connectivity index (χ0) is 19.2. The quantitative estimate of drug-likeness (QED) is 0.877. The Balaban J connectivity index is 1.56. The van der Waals surface area contributed by atoms with E-state index >= 15 is 0 Å². The second kappa shape index (κ2) is 8.71. The lowest BCUT2D eigenvalue weighted by molar-refractivity contribution is -0.121. The molecule has 142 valence electrons. The summed E-state index contributed by atoms with van der Waals surface area (Å²) in [5.74, 6) is 0.726. The summed E-state index contributed by atoms with van der Waals surface area (Å²) >= 11 is 0. The van der Waals surface area contributed by atoms with Crippen molar-refractivity contribution in [3.63, 3.8) is 0 Å². The number of carbonyl (C=O) groups excluding carboxylic acids is 2. The fourth-order valence-electron chi connectivity index (χ4n) is 3.45. The summed E-state index contributed by atoms with van der Waals surface area (Å²) in [6, 6.07) is 15.0. The molecule has 0 spiro atoms. The van der Waals surface area contributed by atoms with Gasteiger partial charge in [0, 0.05) is 30.3 Å². The standard InChI is InChI=1S/C22H26N2O3/c1-3-16-6-4-5-7-20(16)23-21(25)17-12-14-24(15-13-17)22(26)18-8-10-19(27-2)11-9-18/h4-11,17H,3,12-15H2,1-2H3,(H,23,25). The molecule has 1 aliphatic rings. The minimum Gasteiger partial charge on any atom is -0.497 e. The van der Waals surface area contributed by atoms with Crippen LogP contribution in [0.1, 0.15) is 35.7 Å². The normalized spacial score (nSPS) is 14.7. The number of anilines is 1. The summed E-state index contributed by atoms with van der Waals surface area (Å²) in [5, 5.41) is 3.06. The number of nitrogens with zero attached hydrogens (tertiary/aromatic N) is 1. The van der Waals surface area contributed by atoms with Crippen LogP contribution in [0.2, 0.25) is 0 Å². The Labute approximate surface area is 160 Å². The van der Waals surface area contributed by atoms with Crippen LogP contribution in [0.15, 0.2) is 48.5 Å². The van der Waals surface area contributed by atoms with E-state index in [2.05, 4.69) is 12.2 Å². The molecule has 5 heteroatoms. The zero-order valence-corrected chi connectivity index (χ0v) is 15.9. The van der Waals surface area contributed by atoms with E-state index in [1.165, 1.54) is 0 Å². The second-order valence-corrected chi connectivity index (χ2v) is 6.79. The fourth-order valence-corrected chi connectivity index (χ4v) is 3.45. The van der Waals surface area contributed by atoms with Gasteiger partial charge in [-0.2, -0.15) is 0 Å². The average Bonchev–Trinajstić information content (AvgIpc) is 2.73. The lowest BCUT2D eigenvalue weighted by Crippen LogP contribution is -2.41. The number of piperidine rings is 1. The van der Waals surface area contributed by atoms with E-state index in [-0.39, 0.29) is 17.7 Å². The number of aryl methyl sites for hydroxylation is 1. The van der Waals surface area contributed by atoms with Gasteiger partial charge in [-0.05, 0) is 55.2 Å². The van der Waals surface area contributed by atoms with Crippen molar-refractivity contribution in [3.8, 4) is 5.75 Å². The predicted molar refractivity (Wildman–Crippen MR) is 106 cm³/mol. The van der Waals surface area contributed by atoms with Crippen molar-refractivity contribution in [1.82, 2.24) is 4.90 Å².